The van der Waals surface area contributed by atoms with Crippen LogP contribution in [-0.4, -0.2) is 11.1 Å². The van der Waals surface area contributed by atoms with E-state index in [0.29, 0.717) is 0 Å². The molecule has 0 aliphatic rings. The molecule has 23 heteroatoms. The lowest BCUT2D eigenvalue weighted by Crippen LogP contribution is -2.81. The number of hydrogen-bond donors (Lipinski definition) is 0. The summed E-state index contributed by atoms with van der Waals surface area (Å²) in [7, 11) is 0. The number of para-hydroxylation sites is 2. The molecule has 0 amide bonds. The first-order valence-electron chi connectivity index (χ1n) is 16.6. The zero-order valence-corrected chi connectivity index (χ0v) is 29.6. The van der Waals surface area contributed by atoms with E-state index in [0.717, 1.165) is 12.1 Å². The second-order valence-corrected chi connectivity index (χ2v) is 12.8. The summed E-state index contributed by atoms with van der Waals surface area (Å²) in [4.78, 5) is 4.36. The molecule has 7 aromatic rings. The standard InChI is InChI=1S/C24BF20.C15H13N2/c26-5-1(6(27)14(35)21(42)13(5)34)25(2-7(28)15(36)22(43)16(37)8(2)29,3-9(30)17(38)23(44)18(39)10(3)31)4-11(32)19(40)24(45)20(41)12(4)33;1-2-6-13(7-3-1)12-17-11-10-16-14-8-4-5-9-15(14)17/h;1-11H,12H2/q-1;+1. The monoisotopic (exact) mass is 900 g/mol. The van der Waals surface area contributed by atoms with Crippen LogP contribution in [0.3, 0.4) is 0 Å². The van der Waals surface area contributed by atoms with E-state index in [1.165, 1.54) is 11.1 Å². The second kappa shape index (κ2) is 16.6. The molecule has 1 heterocycles. The van der Waals surface area contributed by atoms with Gasteiger partial charge in [-0.3, -0.25) is 0 Å². The van der Waals surface area contributed by atoms with Gasteiger partial charge in [-0.15, -0.1) is 21.9 Å². The number of nitrogens with zero attached hydrogens (tertiary/aromatic N) is 2. The van der Waals surface area contributed by atoms with E-state index in [1.807, 2.05) is 36.7 Å². The Morgan fingerprint density at radius 2 is 0.613 bits per heavy atom. The molecular weight excluding hydrogens is 887 g/mol. The van der Waals surface area contributed by atoms with E-state index in [4.69, 9.17) is 0 Å². The Balaban J connectivity index is 0.000000311. The van der Waals surface area contributed by atoms with Gasteiger partial charge in [-0.05, 0) is 6.07 Å². The highest BCUT2D eigenvalue weighted by Gasteiger charge is 2.52. The molecule has 7 rings (SSSR count). The molecule has 0 unspecified atom stereocenters. The average Bonchev–Trinajstić information content (AvgIpc) is 3.27. The van der Waals surface area contributed by atoms with Crippen molar-refractivity contribution in [2.75, 3.05) is 0 Å². The van der Waals surface area contributed by atoms with Gasteiger partial charge in [0.2, 0.25) is 5.52 Å². The van der Waals surface area contributed by atoms with Crippen LogP contribution in [0.4, 0.5) is 87.8 Å². The predicted octanol–water partition coefficient (Wildman–Crippen LogP) is 8.42. The van der Waals surface area contributed by atoms with Crippen molar-refractivity contribution >= 4 is 39.0 Å². The van der Waals surface area contributed by atoms with E-state index in [1.54, 1.807) is 0 Å². The molecule has 2 nitrogen and oxygen atoms in total. The Morgan fingerprint density at radius 3 is 0.935 bits per heavy atom. The number of aromatic nitrogens is 2. The van der Waals surface area contributed by atoms with Gasteiger partial charge in [0, 0.05) is 11.6 Å². The minimum absolute atomic E-state index is 0.879. The summed E-state index contributed by atoms with van der Waals surface area (Å²) in [5, 5.41) is 0. The summed E-state index contributed by atoms with van der Waals surface area (Å²) in [6, 6.07) is 18.7. The zero-order chi connectivity index (χ0) is 45.9. The third kappa shape index (κ3) is 6.82. The highest BCUT2D eigenvalue weighted by Crippen LogP contribution is 2.30. The van der Waals surface area contributed by atoms with Crippen LogP contribution < -0.4 is 26.4 Å². The topological polar surface area (TPSA) is 16.8 Å². The van der Waals surface area contributed by atoms with E-state index >= 15 is 35.1 Å². The molecule has 0 atom stereocenters. The summed E-state index contributed by atoms with van der Waals surface area (Å²) in [5.41, 5.74) is -10.8. The molecule has 1 aromatic heterocycles. The second-order valence-electron chi connectivity index (χ2n) is 12.8. The summed E-state index contributed by atoms with van der Waals surface area (Å²) in [5.74, 6) is -71.4. The fraction of sp³-hybridized carbons (Fsp3) is 0.0256. The van der Waals surface area contributed by atoms with Gasteiger partial charge < -0.3 is 0 Å². The molecule has 0 bridgehead atoms. The van der Waals surface area contributed by atoms with Crippen molar-refractivity contribution in [1.29, 1.82) is 0 Å². The van der Waals surface area contributed by atoms with Crippen LogP contribution in [0.1, 0.15) is 5.56 Å². The van der Waals surface area contributed by atoms with Gasteiger partial charge in [-0.1, -0.05) is 42.5 Å². The molecule has 0 radical (unpaired) electrons. The lowest BCUT2D eigenvalue weighted by atomic mass is 9.12. The predicted molar refractivity (Wildman–Crippen MR) is 177 cm³/mol. The lowest BCUT2D eigenvalue weighted by molar-refractivity contribution is -0.662. The first-order valence-corrected chi connectivity index (χ1v) is 16.6. The van der Waals surface area contributed by atoms with Gasteiger partial charge in [0.1, 0.15) is 58.2 Å². The smallest absolute Gasteiger partial charge is 0.231 e. The number of fused-ring (bicyclic) bond motifs is 1. The van der Waals surface area contributed by atoms with Crippen molar-refractivity contribution in [2.24, 2.45) is 0 Å². The zero-order valence-electron chi connectivity index (χ0n) is 29.6. The van der Waals surface area contributed by atoms with E-state index in [-0.39, 0.29) is 0 Å². The van der Waals surface area contributed by atoms with Crippen molar-refractivity contribution in [1.82, 2.24) is 4.98 Å². The highest BCUT2D eigenvalue weighted by molar-refractivity contribution is 7.20. The molecule has 62 heavy (non-hydrogen) atoms. The minimum Gasteiger partial charge on any atom is -0.244 e. The Labute approximate surface area is 331 Å². The molecule has 0 saturated heterocycles. The maximum atomic E-state index is 15.4. The lowest BCUT2D eigenvalue weighted by Gasteiger charge is -2.44. The van der Waals surface area contributed by atoms with E-state index < -0.39 is 144 Å². The fourth-order valence-electron chi connectivity index (χ4n) is 6.88. The summed E-state index contributed by atoms with van der Waals surface area (Å²) in [6.45, 7) is 0.879. The van der Waals surface area contributed by atoms with Gasteiger partial charge >= 0.3 is 0 Å². The van der Waals surface area contributed by atoms with Gasteiger partial charge in [0.05, 0.1) is 6.20 Å². The largest absolute Gasteiger partial charge is 0.244 e. The molecule has 0 N–H and O–H groups in total. The van der Waals surface area contributed by atoms with Crippen molar-refractivity contribution in [3.05, 3.63) is 189 Å². The van der Waals surface area contributed by atoms with E-state index in [2.05, 4.69) is 39.9 Å². The summed E-state index contributed by atoms with van der Waals surface area (Å²) < 4.78 is 296. The Kier molecular flexibility index (Phi) is 12.0. The molecule has 0 aliphatic carbocycles. The Morgan fingerprint density at radius 1 is 0.339 bits per heavy atom. The van der Waals surface area contributed by atoms with Crippen molar-refractivity contribution in [3.63, 3.8) is 0 Å². The van der Waals surface area contributed by atoms with E-state index in [9.17, 15) is 52.7 Å². The van der Waals surface area contributed by atoms with Crippen LogP contribution in [0.25, 0.3) is 11.0 Å². The maximum absolute atomic E-state index is 15.4. The van der Waals surface area contributed by atoms with Gasteiger partial charge in [-0.25, -0.2) is 92.8 Å². The molecule has 322 valence electrons. The van der Waals surface area contributed by atoms with Crippen LogP contribution >= 0.6 is 0 Å². The highest BCUT2D eigenvalue weighted by atomic mass is 19.2. The van der Waals surface area contributed by atoms with Crippen LogP contribution in [0.15, 0.2) is 67.0 Å². The minimum atomic E-state index is -7.22. The third-order valence-electron chi connectivity index (χ3n) is 9.55. The first kappa shape index (κ1) is 44.9. The Hall–Kier alpha value is -6.68. The Bertz CT molecular complexity index is 2560. The normalized spacial score (nSPS) is 11.6. The number of benzene rings is 6. The van der Waals surface area contributed by atoms with Crippen LogP contribution in [0.5, 0.6) is 0 Å². The molecule has 0 fully saturated rings. The maximum Gasteiger partial charge on any atom is 0.231 e. The van der Waals surface area contributed by atoms with Gasteiger partial charge in [0.25, 0.3) is 0 Å². The molecule has 0 saturated carbocycles. The summed E-state index contributed by atoms with van der Waals surface area (Å²) >= 11 is 0. The number of hydrogen-bond acceptors (Lipinski definition) is 1. The van der Waals surface area contributed by atoms with Crippen LogP contribution in [0.2, 0.25) is 0 Å². The molecule has 0 aliphatic heterocycles. The average molecular weight is 900 g/mol. The number of halogens is 20. The molecular formula is C39H13BF20N2. The van der Waals surface area contributed by atoms with Crippen molar-refractivity contribution in [3.8, 4) is 0 Å². The van der Waals surface area contributed by atoms with Crippen LogP contribution in [-0.2, 0) is 6.54 Å². The number of rotatable bonds is 6. The van der Waals surface area contributed by atoms with Gasteiger partial charge in [-0.2, -0.15) is 4.57 Å². The summed E-state index contributed by atoms with van der Waals surface area (Å²) in [6.07, 6.45) is -3.34. The molecule has 6 aromatic carbocycles. The van der Waals surface area contributed by atoms with Crippen LogP contribution in [0, 0.1) is 116 Å². The van der Waals surface area contributed by atoms with Crippen molar-refractivity contribution in [2.45, 2.75) is 6.54 Å². The van der Waals surface area contributed by atoms with Crippen molar-refractivity contribution < 1.29 is 92.4 Å². The third-order valence-corrected chi connectivity index (χ3v) is 9.55. The first-order chi connectivity index (χ1) is 29.1. The fourth-order valence-corrected chi connectivity index (χ4v) is 6.88. The van der Waals surface area contributed by atoms with Gasteiger partial charge in [0.15, 0.2) is 82.5 Å². The SMILES string of the molecule is Fc1c(F)c(F)c([B-](c2c(F)c(F)c(F)c(F)c2F)(c2c(F)c(F)c(F)c(F)c2F)c2c(F)c(F)c(F)c(F)c2F)c(F)c1F.c1ccc(C[n+]2ccnc3ccccc32)cc1. The quantitative estimate of drug-likeness (QED) is 0.0539. The molecule has 0 spiro atoms.